The van der Waals surface area contributed by atoms with Gasteiger partial charge in [-0.15, -0.1) is 11.8 Å². The minimum atomic E-state index is -0.980. The SMILES string of the molecule is NC(=O)c1c(-c2ccc(Oc3ccccc3)cc2)nn2c1NCCC2C1CCN(CCCSc2cccc3c2C(=O)N(C2CCC(=O)NC2=O)C3=O)CC1. The van der Waals surface area contributed by atoms with Crippen LogP contribution in [-0.2, 0) is 9.59 Å². The number of primary amides is 1. The lowest BCUT2D eigenvalue weighted by Gasteiger charge is -2.38. The van der Waals surface area contributed by atoms with Crippen LogP contribution in [0.25, 0.3) is 11.3 Å². The van der Waals surface area contributed by atoms with Crippen molar-refractivity contribution in [1.29, 1.82) is 0 Å². The predicted octanol–water partition coefficient (Wildman–Crippen LogP) is 5.09. The normalized spacial score (nSPS) is 20.3. The maximum Gasteiger partial charge on any atom is 0.263 e. The van der Waals surface area contributed by atoms with Crippen LogP contribution >= 0.6 is 11.8 Å². The van der Waals surface area contributed by atoms with Gasteiger partial charge in [-0.25, -0.2) is 4.68 Å². The Bertz CT molecular complexity index is 2110. The van der Waals surface area contributed by atoms with Gasteiger partial charge in [0.15, 0.2) is 0 Å². The number of carbonyl (C=O) groups is 5. The van der Waals surface area contributed by atoms with Gasteiger partial charge in [0.05, 0.1) is 17.2 Å². The van der Waals surface area contributed by atoms with E-state index in [9.17, 15) is 24.0 Å². The number of para-hydroxylation sites is 1. The first kappa shape index (κ1) is 35.6. The number of imide groups is 2. The summed E-state index contributed by atoms with van der Waals surface area (Å²) in [6.07, 6.45) is 4.03. The van der Waals surface area contributed by atoms with Crippen LogP contribution in [0.1, 0.15) is 75.6 Å². The lowest BCUT2D eigenvalue weighted by atomic mass is 9.87. The highest BCUT2D eigenvalue weighted by atomic mass is 32.2. The van der Waals surface area contributed by atoms with E-state index < -0.39 is 35.6 Å². The van der Waals surface area contributed by atoms with Crippen molar-refractivity contribution in [2.45, 2.75) is 55.5 Å². The van der Waals surface area contributed by atoms with Crippen LogP contribution in [0.15, 0.2) is 77.7 Å². The average molecular weight is 748 g/mol. The molecule has 5 amide bonds. The van der Waals surface area contributed by atoms with Crippen LogP contribution in [0.5, 0.6) is 11.5 Å². The summed E-state index contributed by atoms with van der Waals surface area (Å²) >= 11 is 1.55. The monoisotopic (exact) mass is 747 g/mol. The van der Waals surface area contributed by atoms with Gasteiger partial charge in [0.2, 0.25) is 11.8 Å². The topological polar surface area (TPSA) is 169 Å². The summed E-state index contributed by atoms with van der Waals surface area (Å²) in [6, 6.07) is 21.5. The predicted molar refractivity (Wildman–Crippen MR) is 202 cm³/mol. The molecule has 4 N–H and O–H groups in total. The molecule has 0 spiro atoms. The highest BCUT2D eigenvalue weighted by molar-refractivity contribution is 7.99. The number of nitrogens with one attached hydrogen (secondary N) is 2. The van der Waals surface area contributed by atoms with Gasteiger partial charge in [-0.05, 0) is 112 Å². The van der Waals surface area contributed by atoms with Crippen molar-refractivity contribution in [3.63, 3.8) is 0 Å². The van der Waals surface area contributed by atoms with Gasteiger partial charge in [-0.3, -0.25) is 34.2 Å². The maximum atomic E-state index is 13.4. The largest absolute Gasteiger partial charge is 0.457 e. The van der Waals surface area contributed by atoms with Crippen molar-refractivity contribution in [3.05, 3.63) is 89.5 Å². The molecule has 3 aromatic carbocycles. The van der Waals surface area contributed by atoms with Crippen LogP contribution in [0.3, 0.4) is 0 Å². The molecule has 54 heavy (non-hydrogen) atoms. The molecule has 4 aliphatic rings. The second-order valence-electron chi connectivity index (χ2n) is 14.1. The van der Waals surface area contributed by atoms with E-state index in [4.69, 9.17) is 15.6 Å². The van der Waals surface area contributed by atoms with Gasteiger partial charge in [0.1, 0.15) is 34.6 Å². The number of likely N-dealkylation sites (tertiary alicyclic amines) is 1. The first-order chi connectivity index (χ1) is 26.3. The van der Waals surface area contributed by atoms with E-state index in [2.05, 4.69) is 15.5 Å². The third-order valence-electron chi connectivity index (χ3n) is 10.8. The van der Waals surface area contributed by atoms with Gasteiger partial charge in [0, 0.05) is 23.4 Å². The fourth-order valence-electron chi connectivity index (χ4n) is 8.12. The zero-order valence-corrected chi connectivity index (χ0v) is 30.5. The molecule has 1 aromatic heterocycles. The number of piperidine rings is 2. The molecule has 4 aliphatic heterocycles. The summed E-state index contributed by atoms with van der Waals surface area (Å²) < 4.78 is 7.95. The Morgan fingerprint density at radius 1 is 0.889 bits per heavy atom. The number of thioether (sulfide) groups is 1. The lowest BCUT2D eigenvalue weighted by Crippen LogP contribution is -2.54. The number of fused-ring (bicyclic) bond motifs is 2. The Kier molecular flexibility index (Phi) is 9.95. The molecule has 13 nitrogen and oxygen atoms in total. The molecule has 0 saturated carbocycles. The van der Waals surface area contributed by atoms with Crippen LogP contribution in [-0.4, -0.2) is 87.1 Å². The molecule has 5 heterocycles. The van der Waals surface area contributed by atoms with Crippen molar-refractivity contribution in [2.75, 3.05) is 37.2 Å². The van der Waals surface area contributed by atoms with Crippen molar-refractivity contribution >= 4 is 47.1 Å². The van der Waals surface area contributed by atoms with Crippen molar-refractivity contribution in [3.8, 4) is 22.8 Å². The number of rotatable bonds is 11. The minimum absolute atomic E-state index is 0.0869. The zero-order valence-electron chi connectivity index (χ0n) is 29.7. The Morgan fingerprint density at radius 2 is 1.65 bits per heavy atom. The first-order valence-corrected chi connectivity index (χ1v) is 19.4. The van der Waals surface area contributed by atoms with Gasteiger partial charge >= 0.3 is 0 Å². The Labute approximate surface area is 316 Å². The Hall–Kier alpha value is -5.47. The molecule has 2 atom stereocenters. The van der Waals surface area contributed by atoms with Crippen LogP contribution in [0.2, 0.25) is 0 Å². The standard InChI is InChI=1S/C40H41N7O6S/c41-36(49)34-35(25-10-12-27(13-11-25)53-26-6-2-1-3-7-26)44-47-29(16-19-42-37(34)47)24-17-21-45(22-18-24)20-5-23-54-31-9-4-8-28-33(31)40(52)46(39(28)51)30-14-15-32(48)43-38(30)50/h1-4,6-13,24,29-30,42H,5,14-23H2,(H2,41,49)(H,43,48,50). The van der Waals surface area contributed by atoms with Gasteiger partial charge in [-0.2, -0.15) is 5.10 Å². The van der Waals surface area contributed by atoms with Crippen LogP contribution in [0, 0.1) is 5.92 Å². The summed E-state index contributed by atoms with van der Waals surface area (Å²) in [5.41, 5.74) is 8.36. The van der Waals surface area contributed by atoms with Gasteiger partial charge in [0.25, 0.3) is 17.7 Å². The van der Waals surface area contributed by atoms with E-state index in [1.165, 1.54) is 0 Å². The van der Waals surface area contributed by atoms with Gasteiger partial charge in [-0.1, -0.05) is 24.3 Å². The summed E-state index contributed by atoms with van der Waals surface area (Å²) in [5, 5.41) is 10.7. The maximum absolute atomic E-state index is 13.4. The summed E-state index contributed by atoms with van der Waals surface area (Å²) in [5.74, 6) is 0.785. The number of carbonyl (C=O) groups excluding carboxylic acids is 5. The zero-order chi connectivity index (χ0) is 37.3. The number of benzene rings is 3. The van der Waals surface area contributed by atoms with E-state index in [0.29, 0.717) is 39.9 Å². The molecule has 0 radical (unpaired) electrons. The summed E-state index contributed by atoms with van der Waals surface area (Å²) in [6.45, 7) is 3.54. The fraction of sp³-hybridized carbons (Fsp3) is 0.350. The van der Waals surface area contributed by atoms with E-state index in [1.54, 1.807) is 23.9 Å². The highest BCUT2D eigenvalue weighted by Crippen LogP contribution is 2.41. The highest BCUT2D eigenvalue weighted by Gasteiger charge is 2.45. The van der Waals surface area contributed by atoms with E-state index >= 15 is 0 Å². The van der Waals surface area contributed by atoms with Gasteiger partial charge < -0.3 is 20.7 Å². The molecule has 0 aliphatic carbocycles. The number of nitrogens with zero attached hydrogens (tertiary/aromatic N) is 4. The van der Waals surface area contributed by atoms with Crippen LogP contribution in [0.4, 0.5) is 5.82 Å². The second-order valence-corrected chi connectivity index (χ2v) is 15.2. The molecule has 2 fully saturated rings. The number of anilines is 1. The Morgan fingerprint density at radius 3 is 2.39 bits per heavy atom. The molecular formula is C40H41N7O6S. The molecule has 278 valence electrons. The second kappa shape index (κ2) is 15.1. The number of nitrogens with two attached hydrogens (primary N) is 1. The van der Waals surface area contributed by atoms with E-state index in [0.717, 1.165) is 78.7 Å². The van der Waals surface area contributed by atoms with Crippen molar-refractivity contribution in [2.24, 2.45) is 11.7 Å². The average Bonchev–Trinajstić information content (AvgIpc) is 3.70. The minimum Gasteiger partial charge on any atom is -0.457 e. The molecular weight excluding hydrogens is 707 g/mol. The smallest absolute Gasteiger partial charge is 0.263 e. The first-order valence-electron chi connectivity index (χ1n) is 18.5. The number of amides is 5. The number of ether oxygens (including phenoxy) is 1. The van der Waals surface area contributed by atoms with E-state index in [-0.39, 0.29) is 18.9 Å². The third-order valence-corrected chi connectivity index (χ3v) is 11.9. The molecule has 0 bridgehead atoms. The summed E-state index contributed by atoms with van der Waals surface area (Å²) in [4.78, 5) is 67.8. The van der Waals surface area contributed by atoms with Crippen molar-refractivity contribution < 1.29 is 28.7 Å². The molecule has 4 aromatic rings. The molecule has 14 heteroatoms. The fourth-order valence-corrected chi connectivity index (χ4v) is 9.13. The van der Waals surface area contributed by atoms with E-state index in [1.807, 2.05) is 65.3 Å². The molecule has 2 unspecified atom stereocenters. The van der Waals surface area contributed by atoms with Crippen LogP contribution < -0.4 is 21.1 Å². The Balaban J connectivity index is 0.868. The number of hydrogen-bond acceptors (Lipinski definition) is 10. The number of hydrogen-bond donors (Lipinski definition) is 3. The molecule has 8 rings (SSSR count). The van der Waals surface area contributed by atoms with Crippen molar-refractivity contribution in [1.82, 2.24) is 24.9 Å². The third kappa shape index (κ3) is 6.87. The molecule has 2 saturated heterocycles. The quantitative estimate of drug-likeness (QED) is 0.107. The number of aromatic nitrogens is 2. The lowest BCUT2D eigenvalue weighted by molar-refractivity contribution is -0.136. The summed E-state index contributed by atoms with van der Waals surface area (Å²) in [7, 11) is 0.